The molecule has 0 aromatic carbocycles. The highest BCUT2D eigenvalue weighted by Gasteiger charge is 2.71. The summed E-state index contributed by atoms with van der Waals surface area (Å²) >= 11 is 0. The average Bonchev–Trinajstić information content (AvgIpc) is 3.58. The Balaban J connectivity index is 0.938. The van der Waals surface area contributed by atoms with Crippen molar-refractivity contribution in [3.8, 4) is 0 Å². The first-order valence-electron chi connectivity index (χ1n) is 28.7. The fourth-order valence-corrected chi connectivity index (χ4v) is 16.8. The maximum Gasteiger partial charge on any atom is 0.187 e. The van der Waals surface area contributed by atoms with Gasteiger partial charge < -0.3 is 124 Å². The lowest BCUT2D eigenvalue weighted by Gasteiger charge is -2.73. The molecule has 1 spiro atoms. The first kappa shape index (κ1) is 62.5. The molecule has 458 valence electrons. The average molecular weight is 1140 g/mol. The van der Waals surface area contributed by atoms with E-state index < -0.39 is 178 Å². The zero-order valence-corrected chi connectivity index (χ0v) is 45.9. The Bertz CT molecular complexity index is 2000. The van der Waals surface area contributed by atoms with E-state index >= 15 is 0 Å². The van der Waals surface area contributed by atoms with Gasteiger partial charge in [-0.3, -0.25) is 0 Å². The molecular formula is C54H92O25. The van der Waals surface area contributed by atoms with Gasteiger partial charge >= 0.3 is 0 Å². The van der Waals surface area contributed by atoms with E-state index in [9.17, 15) is 81.7 Å². The molecule has 25 heteroatoms. The molecule has 32 atom stereocenters. The van der Waals surface area contributed by atoms with E-state index in [1.165, 1.54) is 0 Å². The van der Waals surface area contributed by atoms with Crippen LogP contribution in [0.15, 0.2) is 0 Å². The van der Waals surface area contributed by atoms with Gasteiger partial charge in [-0.25, -0.2) is 0 Å². The molecule has 5 heterocycles. The summed E-state index contributed by atoms with van der Waals surface area (Å²) in [5.74, 6) is -0.322. The molecule has 3 unspecified atom stereocenters. The molecule has 9 rings (SSSR count). The van der Waals surface area contributed by atoms with Crippen LogP contribution in [-0.2, 0) is 42.6 Å². The molecule has 5 saturated heterocycles. The molecule has 16 N–H and O–H groups in total. The summed E-state index contributed by atoms with van der Waals surface area (Å²) < 4.78 is 55.1. The molecule has 9 aliphatic rings. The van der Waals surface area contributed by atoms with Crippen LogP contribution in [0.5, 0.6) is 0 Å². The van der Waals surface area contributed by atoms with Gasteiger partial charge in [-0.05, 0) is 98.2 Å². The number of aliphatic hydroxyl groups is 16. The maximum absolute atomic E-state index is 12.7. The van der Waals surface area contributed by atoms with Gasteiger partial charge in [0, 0.05) is 16.7 Å². The number of fused-ring (bicyclic) bond motifs is 5. The molecule has 4 saturated carbocycles. The summed E-state index contributed by atoms with van der Waals surface area (Å²) in [4.78, 5) is 0. The fourth-order valence-electron chi connectivity index (χ4n) is 16.8. The smallest absolute Gasteiger partial charge is 0.187 e. The van der Waals surface area contributed by atoms with Gasteiger partial charge in [0.15, 0.2) is 25.2 Å². The quantitative estimate of drug-likeness (QED) is 0.0692. The number of hydrogen-bond acceptors (Lipinski definition) is 25. The van der Waals surface area contributed by atoms with E-state index in [0.29, 0.717) is 32.3 Å². The molecule has 5 aliphatic heterocycles. The monoisotopic (exact) mass is 1140 g/mol. The standard InChI is InChI=1S/C54H92O25/c1-23(20-71-46-41(67)37(63)33(59)26(16-55)74-46)25-8-13-54(22-72-25)15-14-52(4)24(45(54)70)6-7-31-50(2)11-10-32(51(3,30(50)9-12-53(31,52)5)21-73-47-42(68)38(64)34(60)27(17-56)75-47)78-49-44(40(66)36(62)29(19-58)77-49)79-48-43(69)39(65)35(61)28(18-57)76-48/h23-49,55-70H,6-22H2,1-5H3/t23-,24?,25-,26+,27+,28+,29+,30?,31?,32-,33+,34+,35+,36+,37-,38-,39-,40-,41+,42+,43+,44+,45+,46+,47+,48-,49-,50-,51-,52+,53+,54+/m0/s1. The van der Waals surface area contributed by atoms with Crippen molar-refractivity contribution in [2.45, 2.75) is 240 Å². The Labute approximate surface area is 460 Å². The molecule has 9 fully saturated rings. The van der Waals surface area contributed by atoms with Gasteiger partial charge in [0.25, 0.3) is 0 Å². The summed E-state index contributed by atoms with van der Waals surface area (Å²) in [7, 11) is 0. The van der Waals surface area contributed by atoms with Crippen molar-refractivity contribution in [2.24, 2.45) is 50.7 Å². The second-order valence-electron chi connectivity index (χ2n) is 26.1. The number of hydrogen-bond donors (Lipinski definition) is 16. The van der Waals surface area contributed by atoms with Crippen LogP contribution in [-0.4, -0.2) is 269 Å². The summed E-state index contributed by atoms with van der Waals surface area (Å²) in [6.07, 6.45) is -26.5. The summed E-state index contributed by atoms with van der Waals surface area (Å²) in [6.45, 7) is 8.42. The van der Waals surface area contributed by atoms with E-state index in [1.54, 1.807) is 0 Å². The van der Waals surface area contributed by atoms with E-state index in [0.717, 1.165) is 38.5 Å². The Morgan fingerprint density at radius 2 is 0.987 bits per heavy atom. The van der Waals surface area contributed by atoms with E-state index in [1.807, 2.05) is 13.8 Å². The fraction of sp³-hybridized carbons (Fsp3) is 1.00. The van der Waals surface area contributed by atoms with Crippen LogP contribution in [0.4, 0.5) is 0 Å². The van der Waals surface area contributed by atoms with Crippen molar-refractivity contribution in [2.75, 3.05) is 46.2 Å². The van der Waals surface area contributed by atoms with E-state index in [2.05, 4.69) is 20.8 Å². The minimum atomic E-state index is -1.89. The van der Waals surface area contributed by atoms with Crippen molar-refractivity contribution >= 4 is 0 Å². The van der Waals surface area contributed by atoms with Crippen molar-refractivity contribution in [1.29, 1.82) is 0 Å². The number of rotatable bonds is 15. The normalized spacial score (nSPS) is 55.6. The third kappa shape index (κ3) is 10.7. The second kappa shape index (κ2) is 24.0. The Morgan fingerprint density at radius 1 is 0.468 bits per heavy atom. The van der Waals surface area contributed by atoms with Crippen LogP contribution in [0.1, 0.15) is 98.8 Å². The predicted octanol–water partition coefficient (Wildman–Crippen LogP) is -4.16. The Kier molecular flexibility index (Phi) is 19.0. The Hall–Kier alpha value is -1.00. The summed E-state index contributed by atoms with van der Waals surface area (Å²) in [5, 5.41) is 171. The van der Waals surface area contributed by atoms with Crippen molar-refractivity contribution < 1.29 is 124 Å². The first-order valence-corrected chi connectivity index (χ1v) is 28.7. The highest BCUT2D eigenvalue weighted by Crippen LogP contribution is 2.75. The lowest BCUT2D eigenvalue weighted by atomic mass is 9.33. The molecule has 0 bridgehead atoms. The van der Waals surface area contributed by atoms with Gasteiger partial charge in [-0.15, -0.1) is 0 Å². The van der Waals surface area contributed by atoms with Crippen molar-refractivity contribution in [1.82, 2.24) is 0 Å². The molecule has 0 amide bonds. The van der Waals surface area contributed by atoms with E-state index in [-0.39, 0.29) is 53.8 Å². The van der Waals surface area contributed by atoms with Crippen LogP contribution >= 0.6 is 0 Å². The summed E-state index contributed by atoms with van der Waals surface area (Å²) in [5.41, 5.74) is -2.54. The van der Waals surface area contributed by atoms with Gasteiger partial charge in [0.2, 0.25) is 0 Å². The van der Waals surface area contributed by atoms with E-state index in [4.69, 9.17) is 42.6 Å². The summed E-state index contributed by atoms with van der Waals surface area (Å²) in [6, 6.07) is 0. The van der Waals surface area contributed by atoms with Gasteiger partial charge in [0.05, 0.1) is 64.6 Å². The van der Waals surface area contributed by atoms with Gasteiger partial charge in [0.1, 0.15) is 97.7 Å². The van der Waals surface area contributed by atoms with Crippen LogP contribution in [0, 0.1) is 50.7 Å². The minimum Gasteiger partial charge on any atom is -0.394 e. The minimum absolute atomic E-state index is 0.0550. The highest BCUT2D eigenvalue weighted by molar-refractivity contribution is 5.19. The second-order valence-corrected chi connectivity index (χ2v) is 26.1. The first-order chi connectivity index (χ1) is 37.3. The molecule has 0 aromatic heterocycles. The van der Waals surface area contributed by atoms with Crippen molar-refractivity contribution in [3.05, 3.63) is 0 Å². The van der Waals surface area contributed by atoms with Crippen LogP contribution < -0.4 is 0 Å². The molecule has 25 nitrogen and oxygen atoms in total. The topological polar surface area (TPSA) is 407 Å². The Morgan fingerprint density at radius 3 is 1.53 bits per heavy atom. The number of ether oxygens (including phenoxy) is 9. The van der Waals surface area contributed by atoms with Gasteiger partial charge in [-0.1, -0.05) is 34.6 Å². The zero-order chi connectivity index (χ0) is 57.5. The zero-order valence-electron chi connectivity index (χ0n) is 45.9. The predicted molar refractivity (Wildman–Crippen MR) is 267 cm³/mol. The molecule has 0 aromatic rings. The largest absolute Gasteiger partial charge is 0.394 e. The molecule has 4 aliphatic carbocycles. The van der Waals surface area contributed by atoms with Crippen LogP contribution in [0.2, 0.25) is 0 Å². The van der Waals surface area contributed by atoms with Crippen LogP contribution in [0.3, 0.4) is 0 Å². The lowest BCUT2D eigenvalue weighted by molar-refractivity contribution is -0.382. The number of aliphatic hydroxyl groups excluding tert-OH is 16. The van der Waals surface area contributed by atoms with Crippen molar-refractivity contribution in [3.63, 3.8) is 0 Å². The van der Waals surface area contributed by atoms with Crippen LogP contribution in [0.25, 0.3) is 0 Å². The third-order valence-corrected chi connectivity index (χ3v) is 22.0. The highest BCUT2D eigenvalue weighted by atomic mass is 16.8. The molecular weight excluding hydrogens is 1050 g/mol. The SMILES string of the molecule is C[C@@H](CO[C@@H]1O[C@H](CO)[C@@H](O)[C@H](O)[C@H]1O)[C@@H]1CC[C@@]2(CC[C@]3(C)C(CCC4[C@@]5(C)CC[C@H](O[C@@H]6O[C@H](CO)[C@@H](O)[C@H](O)[C@H]6O[C@@H]6O[C@H](CO)[C@@H](O)[C@H](O)[C@H]6O)[C@@](C)(CO[C@@H]6O[C@H](CO)[C@@H](O)[C@H](O)[C@H]6O)C5CC[C@]43C)[C@H]2O)CO1. The molecule has 79 heavy (non-hydrogen) atoms. The third-order valence-electron chi connectivity index (χ3n) is 22.0. The molecule has 0 radical (unpaired) electrons. The van der Waals surface area contributed by atoms with Gasteiger partial charge in [-0.2, -0.15) is 0 Å². The maximum atomic E-state index is 12.7. The lowest BCUT2D eigenvalue weighted by Crippen LogP contribution is -2.69.